The summed E-state index contributed by atoms with van der Waals surface area (Å²) in [6, 6.07) is 0. The summed E-state index contributed by atoms with van der Waals surface area (Å²) in [5.41, 5.74) is 0. The van der Waals surface area contributed by atoms with E-state index in [9.17, 15) is 4.57 Å². The second kappa shape index (κ2) is 8.14. The molecule has 0 aromatic carbocycles. The minimum Gasteiger partial charge on any atom is -0.394 e. The molecule has 16 heavy (non-hydrogen) atoms. The van der Waals surface area contributed by atoms with Crippen LogP contribution in [-0.4, -0.2) is 66.6 Å². The maximum Gasteiger partial charge on any atom is 0.472 e. The van der Waals surface area contributed by atoms with Gasteiger partial charge in [-0.15, -0.1) is 0 Å². The lowest BCUT2D eigenvalue weighted by Gasteiger charge is -2.14. The number of nitrogens with zero attached hydrogens (tertiary/aromatic N) is 1. The molecular formula is C8H20NO6P. The second-order valence-corrected chi connectivity index (χ2v) is 5.04. The zero-order valence-electron chi connectivity index (χ0n) is 9.57. The highest BCUT2D eigenvalue weighted by molar-refractivity contribution is 7.47. The van der Waals surface area contributed by atoms with E-state index in [1.807, 2.05) is 19.0 Å². The topological polar surface area (TPSA) is 99.5 Å². The van der Waals surface area contributed by atoms with E-state index in [4.69, 9.17) is 15.1 Å². The van der Waals surface area contributed by atoms with Gasteiger partial charge in [-0.25, -0.2) is 4.57 Å². The van der Waals surface area contributed by atoms with Crippen molar-refractivity contribution in [2.24, 2.45) is 0 Å². The van der Waals surface area contributed by atoms with E-state index in [2.05, 4.69) is 9.05 Å². The molecule has 2 unspecified atom stereocenters. The first-order valence-corrected chi connectivity index (χ1v) is 6.42. The second-order valence-electron chi connectivity index (χ2n) is 3.59. The highest BCUT2D eigenvalue weighted by atomic mass is 31.2. The molecule has 7 nitrogen and oxygen atoms in total. The van der Waals surface area contributed by atoms with Crippen molar-refractivity contribution in [1.82, 2.24) is 4.90 Å². The van der Waals surface area contributed by atoms with Crippen LogP contribution in [0.4, 0.5) is 0 Å². The average Bonchev–Trinajstić information content (AvgIpc) is 2.21. The maximum atomic E-state index is 11.2. The zero-order chi connectivity index (χ0) is 12.6. The van der Waals surface area contributed by atoms with Crippen LogP contribution in [0.1, 0.15) is 6.42 Å². The lowest BCUT2D eigenvalue weighted by Crippen LogP contribution is -2.19. The lowest BCUT2D eigenvalue weighted by atomic mass is 10.4. The van der Waals surface area contributed by atoms with Crippen LogP contribution in [0.2, 0.25) is 0 Å². The van der Waals surface area contributed by atoms with Crippen molar-refractivity contribution in [3.8, 4) is 0 Å². The number of aliphatic hydroxyl groups is 2. The Balaban J connectivity index is 3.66. The number of phosphoric acid groups is 1. The molecule has 0 aliphatic heterocycles. The highest BCUT2D eigenvalue weighted by Crippen LogP contribution is 2.43. The average molecular weight is 257 g/mol. The van der Waals surface area contributed by atoms with Gasteiger partial charge < -0.3 is 20.0 Å². The van der Waals surface area contributed by atoms with Crippen LogP contribution in [0, 0.1) is 0 Å². The zero-order valence-corrected chi connectivity index (χ0v) is 10.5. The molecule has 3 N–H and O–H groups in total. The van der Waals surface area contributed by atoms with Crippen LogP contribution in [0.25, 0.3) is 0 Å². The van der Waals surface area contributed by atoms with E-state index in [1.54, 1.807) is 0 Å². The molecule has 0 rings (SSSR count). The van der Waals surface area contributed by atoms with Gasteiger partial charge in [0.05, 0.1) is 19.8 Å². The van der Waals surface area contributed by atoms with Gasteiger partial charge in [0.2, 0.25) is 0 Å². The Kier molecular flexibility index (Phi) is 8.13. The molecule has 0 heterocycles. The minimum atomic E-state index is -4.11. The largest absolute Gasteiger partial charge is 0.472 e. The number of rotatable bonds is 9. The molecule has 0 saturated heterocycles. The highest BCUT2D eigenvalue weighted by Gasteiger charge is 2.22. The molecule has 0 fully saturated rings. The van der Waals surface area contributed by atoms with Crippen LogP contribution in [-0.2, 0) is 13.6 Å². The van der Waals surface area contributed by atoms with E-state index in [0.29, 0.717) is 6.42 Å². The third kappa shape index (κ3) is 9.23. The monoisotopic (exact) mass is 257 g/mol. The van der Waals surface area contributed by atoms with E-state index in [-0.39, 0.29) is 6.61 Å². The quantitative estimate of drug-likeness (QED) is 0.375. The molecule has 0 saturated carbocycles. The normalized spacial score (nSPS) is 17.4. The first-order valence-electron chi connectivity index (χ1n) is 4.93. The van der Waals surface area contributed by atoms with Gasteiger partial charge in [-0.2, -0.15) is 0 Å². The Morgan fingerprint density at radius 1 is 1.38 bits per heavy atom. The first kappa shape index (κ1) is 16.0. The van der Waals surface area contributed by atoms with Gasteiger partial charge in [0.25, 0.3) is 0 Å². The molecule has 0 bridgehead atoms. The Morgan fingerprint density at radius 3 is 2.50 bits per heavy atom. The predicted molar refractivity (Wildman–Crippen MR) is 58.0 cm³/mol. The van der Waals surface area contributed by atoms with Crippen molar-refractivity contribution < 1.29 is 28.7 Å². The van der Waals surface area contributed by atoms with Gasteiger partial charge in [-0.05, 0) is 27.1 Å². The first-order chi connectivity index (χ1) is 7.37. The van der Waals surface area contributed by atoms with Gasteiger partial charge >= 0.3 is 7.82 Å². The SMILES string of the molecule is CN(C)CCCOP(=O)(O)OCC(O)CO. The fourth-order valence-corrected chi connectivity index (χ4v) is 1.63. The molecule has 98 valence electrons. The summed E-state index contributed by atoms with van der Waals surface area (Å²) in [6.45, 7) is -0.126. The number of hydrogen-bond donors (Lipinski definition) is 3. The van der Waals surface area contributed by atoms with Crippen molar-refractivity contribution in [3.05, 3.63) is 0 Å². The van der Waals surface area contributed by atoms with Crippen molar-refractivity contribution >= 4 is 7.82 Å². The van der Waals surface area contributed by atoms with Crippen LogP contribution in [0.3, 0.4) is 0 Å². The summed E-state index contributed by atoms with van der Waals surface area (Å²) in [5.74, 6) is 0. The summed E-state index contributed by atoms with van der Waals surface area (Å²) in [7, 11) is -0.346. The van der Waals surface area contributed by atoms with Gasteiger partial charge in [0.1, 0.15) is 6.10 Å². The molecule has 2 atom stereocenters. The summed E-state index contributed by atoms with van der Waals surface area (Å²) in [5, 5.41) is 17.4. The van der Waals surface area contributed by atoms with Gasteiger partial charge in [-0.1, -0.05) is 0 Å². The molecule has 0 amide bonds. The van der Waals surface area contributed by atoms with Gasteiger partial charge in [0, 0.05) is 0 Å². The van der Waals surface area contributed by atoms with Crippen molar-refractivity contribution in [1.29, 1.82) is 0 Å². The molecule has 0 aromatic rings. The smallest absolute Gasteiger partial charge is 0.394 e. The van der Waals surface area contributed by atoms with E-state index >= 15 is 0 Å². The molecule has 0 aromatic heterocycles. The van der Waals surface area contributed by atoms with Crippen LogP contribution >= 0.6 is 7.82 Å². The van der Waals surface area contributed by atoms with E-state index in [0.717, 1.165) is 6.54 Å². The van der Waals surface area contributed by atoms with E-state index < -0.39 is 27.1 Å². The number of aliphatic hydroxyl groups excluding tert-OH is 2. The molecule has 0 radical (unpaired) electrons. The summed E-state index contributed by atoms with van der Waals surface area (Å²) < 4.78 is 20.3. The molecule has 0 aliphatic carbocycles. The van der Waals surface area contributed by atoms with Crippen molar-refractivity contribution in [2.75, 3.05) is 40.5 Å². The van der Waals surface area contributed by atoms with Crippen LogP contribution in [0.5, 0.6) is 0 Å². The Morgan fingerprint density at radius 2 is 2.00 bits per heavy atom. The molecule has 0 spiro atoms. The molecular weight excluding hydrogens is 237 g/mol. The fraction of sp³-hybridized carbons (Fsp3) is 1.00. The van der Waals surface area contributed by atoms with Crippen molar-refractivity contribution in [3.63, 3.8) is 0 Å². The lowest BCUT2D eigenvalue weighted by molar-refractivity contribution is 0.0360. The van der Waals surface area contributed by atoms with Gasteiger partial charge in [-0.3, -0.25) is 9.05 Å². The molecule has 8 heteroatoms. The summed E-state index contributed by atoms with van der Waals surface area (Å²) >= 11 is 0. The Bertz CT molecular complexity index is 225. The summed E-state index contributed by atoms with van der Waals surface area (Å²) in [4.78, 5) is 11.0. The number of phosphoric ester groups is 1. The molecule has 0 aliphatic rings. The minimum absolute atomic E-state index is 0.0984. The predicted octanol–water partition coefficient (Wildman–Crippen LogP) is -0.575. The standard InChI is InChI=1S/C8H20NO6P/c1-9(2)4-3-5-14-16(12,13)15-7-8(11)6-10/h8,10-11H,3-7H2,1-2H3,(H,12,13). The van der Waals surface area contributed by atoms with Crippen LogP contribution < -0.4 is 0 Å². The summed E-state index contributed by atoms with van der Waals surface area (Å²) in [6.07, 6.45) is -0.574. The van der Waals surface area contributed by atoms with E-state index in [1.165, 1.54) is 0 Å². The van der Waals surface area contributed by atoms with Gasteiger partial charge in [0.15, 0.2) is 0 Å². The fourth-order valence-electron chi connectivity index (χ4n) is 0.831. The Hall–Kier alpha value is -0.0100. The van der Waals surface area contributed by atoms with Crippen molar-refractivity contribution in [2.45, 2.75) is 12.5 Å². The number of hydrogen-bond acceptors (Lipinski definition) is 6. The van der Waals surface area contributed by atoms with Crippen LogP contribution in [0.15, 0.2) is 0 Å². The maximum absolute atomic E-state index is 11.2. The third-order valence-electron chi connectivity index (χ3n) is 1.64. The Labute approximate surface area is 95.2 Å². The third-order valence-corrected chi connectivity index (χ3v) is 2.63.